The first kappa shape index (κ1) is 15.6. The van der Waals surface area contributed by atoms with Crippen LogP contribution in [-0.2, 0) is 4.74 Å². The van der Waals surface area contributed by atoms with Gasteiger partial charge in [0.2, 0.25) is 0 Å². The number of halogens is 1. The topological polar surface area (TPSA) is 71.1 Å². The third kappa shape index (κ3) is 3.75. The molecule has 6 heteroatoms. The van der Waals surface area contributed by atoms with Crippen LogP contribution in [0, 0.1) is 0 Å². The summed E-state index contributed by atoms with van der Waals surface area (Å²) in [5, 5.41) is 12.4. The Bertz CT molecular complexity index is 450. The highest BCUT2D eigenvalue weighted by Gasteiger charge is 2.18. The molecule has 1 rings (SSSR count). The highest BCUT2D eigenvalue weighted by molar-refractivity contribution is 6.34. The number of oxime groups is 1. The van der Waals surface area contributed by atoms with E-state index < -0.39 is 0 Å². The summed E-state index contributed by atoms with van der Waals surface area (Å²) in [4.78, 5) is 2.10. The molecule has 19 heavy (non-hydrogen) atoms. The number of hydrogen-bond donors (Lipinski definition) is 2. The number of hydrogen-bond acceptors (Lipinski definition) is 4. The zero-order chi connectivity index (χ0) is 14.4. The van der Waals surface area contributed by atoms with Crippen molar-refractivity contribution < 1.29 is 9.94 Å². The van der Waals surface area contributed by atoms with Crippen molar-refractivity contribution in [3.8, 4) is 0 Å². The molecule has 3 N–H and O–H groups in total. The second kappa shape index (κ2) is 7.21. The molecule has 0 saturated carbocycles. The molecule has 0 amide bonds. The standard InChI is InChI=1S/C13H20ClN3O2/c1-9(2)17(7-8-19-3)11-6-4-5-10(14)12(11)13(15)16-18/h4-6,9,18H,7-8H2,1-3H3,(H2,15,16). The molecule has 0 unspecified atom stereocenters. The molecule has 0 aromatic heterocycles. The summed E-state index contributed by atoms with van der Waals surface area (Å²) in [5.41, 5.74) is 7.09. The predicted molar refractivity (Wildman–Crippen MR) is 78.3 cm³/mol. The molecule has 5 nitrogen and oxygen atoms in total. The summed E-state index contributed by atoms with van der Waals surface area (Å²) < 4.78 is 5.12. The fourth-order valence-electron chi connectivity index (χ4n) is 1.90. The van der Waals surface area contributed by atoms with Gasteiger partial charge < -0.3 is 20.6 Å². The van der Waals surface area contributed by atoms with Crippen LogP contribution in [0.4, 0.5) is 5.69 Å². The molecule has 0 fully saturated rings. The minimum absolute atomic E-state index is 0.00340. The van der Waals surface area contributed by atoms with Gasteiger partial charge in [0.25, 0.3) is 0 Å². The molecule has 106 valence electrons. The summed E-state index contributed by atoms with van der Waals surface area (Å²) in [6.45, 7) is 5.40. The third-order valence-electron chi connectivity index (χ3n) is 2.82. The van der Waals surface area contributed by atoms with Crippen molar-refractivity contribution in [3.63, 3.8) is 0 Å². The summed E-state index contributed by atoms with van der Waals surface area (Å²) in [6, 6.07) is 5.69. The van der Waals surface area contributed by atoms with Gasteiger partial charge in [-0.05, 0) is 26.0 Å². The fraction of sp³-hybridized carbons (Fsp3) is 0.462. The molecule has 0 spiro atoms. The van der Waals surface area contributed by atoms with E-state index in [1.54, 1.807) is 13.2 Å². The predicted octanol–water partition coefficient (Wildman–Crippen LogP) is 2.30. The van der Waals surface area contributed by atoms with Gasteiger partial charge >= 0.3 is 0 Å². The lowest BCUT2D eigenvalue weighted by molar-refractivity contribution is 0.204. The van der Waals surface area contributed by atoms with Gasteiger partial charge in [-0.2, -0.15) is 0 Å². The van der Waals surface area contributed by atoms with Crippen molar-refractivity contribution in [1.82, 2.24) is 0 Å². The van der Waals surface area contributed by atoms with Crippen molar-refractivity contribution in [3.05, 3.63) is 28.8 Å². The smallest absolute Gasteiger partial charge is 0.173 e. The minimum atomic E-state index is 0.00340. The van der Waals surface area contributed by atoms with E-state index in [0.717, 1.165) is 5.69 Å². The average Bonchev–Trinajstić information content (AvgIpc) is 2.38. The third-order valence-corrected chi connectivity index (χ3v) is 3.14. The highest BCUT2D eigenvalue weighted by atomic mass is 35.5. The largest absolute Gasteiger partial charge is 0.409 e. The van der Waals surface area contributed by atoms with E-state index in [0.29, 0.717) is 23.7 Å². The van der Waals surface area contributed by atoms with E-state index in [4.69, 9.17) is 27.3 Å². The molecule has 0 atom stereocenters. The first-order valence-corrected chi connectivity index (χ1v) is 6.42. The first-order chi connectivity index (χ1) is 9.02. The number of nitrogens with zero attached hydrogens (tertiary/aromatic N) is 2. The number of benzene rings is 1. The summed E-state index contributed by atoms with van der Waals surface area (Å²) in [6.07, 6.45) is 0. The molecular formula is C13H20ClN3O2. The molecule has 0 saturated heterocycles. The maximum Gasteiger partial charge on any atom is 0.173 e. The zero-order valence-electron chi connectivity index (χ0n) is 11.4. The number of amidine groups is 1. The Kier molecular flexibility index (Phi) is 5.92. The summed E-state index contributed by atoms with van der Waals surface area (Å²) in [5.74, 6) is 0.00340. The Balaban J connectivity index is 3.26. The molecule has 0 aliphatic carbocycles. The van der Waals surface area contributed by atoms with Gasteiger partial charge in [-0.3, -0.25) is 0 Å². The van der Waals surface area contributed by atoms with Crippen molar-refractivity contribution in [2.75, 3.05) is 25.2 Å². The van der Waals surface area contributed by atoms with Crippen LogP contribution < -0.4 is 10.6 Å². The fourth-order valence-corrected chi connectivity index (χ4v) is 2.17. The Morgan fingerprint density at radius 3 is 2.74 bits per heavy atom. The van der Waals surface area contributed by atoms with Crippen molar-refractivity contribution in [2.45, 2.75) is 19.9 Å². The molecule has 0 heterocycles. The van der Waals surface area contributed by atoms with Crippen LogP contribution in [-0.4, -0.2) is 37.3 Å². The maximum atomic E-state index is 8.89. The van der Waals surface area contributed by atoms with Gasteiger partial charge in [0, 0.05) is 25.4 Å². The van der Waals surface area contributed by atoms with Crippen LogP contribution in [0.1, 0.15) is 19.4 Å². The molecule has 1 aromatic carbocycles. The molecule has 1 aromatic rings. The van der Waals surface area contributed by atoms with E-state index in [-0.39, 0.29) is 11.9 Å². The quantitative estimate of drug-likeness (QED) is 0.364. The van der Waals surface area contributed by atoms with E-state index in [1.807, 2.05) is 12.1 Å². The van der Waals surface area contributed by atoms with Gasteiger partial charge in [0.1, 0.15) is 0 Å². The zero-order valence-corrected chi connectivity index (χ0v) is 12.2. The SMILES string of the molecule is COCCN(c1cccc(Cl)c1/C(N)=N/O)C(C)C. The molecule has 0 aliphatic rings. The summed E-state index contributed by atoms with van der Waals surface area (Å²) >= 11 is 6.16. The van der Waals surface area contributed by atoms with E-state index in [2.05, 4.69) is 23.9 Å². The average molecular weight is 286 g/mol. The number of nitrogens with two attached hydrogens (primary N) is 1. The Morgan fingerprint density at radius 2 is 2.21 bits per heavy atom. The second-order valence-corrected chi connectivity index (χ2v) is 4.81. The van der Waals surface area contributed by atoms with Crippen LogP contribution in [0.3, 0.4) is 0 Å². The van der Waals surface area contributed by atoms with Crippen molar-refractivity contribution >= 4 is 23.1 Å². The number of anilines is 1. The van der Waals surface area contributed by atoms with Crippen molar-refractivity contribution in [2.24, 2.45) is 10.9 Å². The second-order valence-electron chi connectivity index (χ2n) is 4.40. The molecule has 0 aliphatic heterocycles. The van der Waals surface area contributed by atoms with Gasteiger partial charge in [0.05, 0.1) is 17.2 Å². The lowest BCUT2D eigenvalue weighted by Crippen LogP contribution is -2.35. The van der Waals surface area contributed by atoms with E-state index >= 15 is 0 Å². The highest BCUT2D eigenvalue weighted by Crippen LogP contribution is 2.28. The van der Waals surface area contributed by atoms with Gasteiger partial charge in [-0.25, -0.2) is 0 Å². The van der Waals surface area contributed by atoms with Gasteiger partial charge in [-0.1, -0.05) is 22.8 Å². The van der Waals surface area contributed by atoms with Crippen LogP contribution in [0.15, 0.2) is 23.4 Å². The summed E-state index contributed by atoms with van der Waals surface area (Å²) in [7, 11) is 1.65. The van der Waals surface area contributed by atoms with Crippen LogP contribution in [0.5, 0.6) is 0 Å². The molecule has 0 bridgehead atoms. The van der Waals surface area contributed by atoms with E-state index in [9.17, 15) is 0 Å². The normalized spacial score (nSPS) is 11.9. The minimum Gasteiger partial charge on any atom is -0.409 e. The maximum absolute atomic E-state index is 8.89. The molecular weight excluding hydrogens is 266 g/mol. The van der Waals surface area contributed by atoms with Gasteiger partial charge in [0.15, 0.2) is 5.84 Å². The van der Waals surface area contributed by atoms with E-state index in [1.165, 1.54) is 0 Å². The van der Waals surface area contributed by atoms with Crippen LogP contribution in [0.25, 0.3) is 0 Å². The Labute approximate surface area is 118 Å². The lowest BCUT2D eigenvalue weighted by atomic mass is 10.1. The van der Waals surface area contributed by atoms with Crippen molar-refractivity contribution in [1.29, 1.82) is 0 Å². The molecule has 0 radical (unpaired) electrons. The van der Waals surface area contributed by atoms with Crippen LogP contribution >= 0.6 is 11.6 Å². The monoisotopic (exact) mass is 285 g/mol. The number of methoxy groups -OCH3 is 1. The Morgan fingerprint density at radius 1 is 1.53 bits per heavy atom. The first-order valence-electron chi connectivity index (χ1n) is 6.04. The Hall–Kier alpha value is -1.46. The number of rotatable bonds is 6. The van der Waals surface area contributed by atoms with Gasteiger partial charge in [-0.15, -0.1) is 0 Å². The lowest BCUT2D eigenvalue weighted by Gasteiger charge is -2.30. The van der Waals surface area contributed by atoms with Crippen LogP contribution in [0.2, 0.25) is 5.02 Å². The number of ether oxygens (including phenoxy) is 1.